The van der Waals surface area contributed by atoms with Crippen molar-refractivity contribution >= 4 is 5.91 Å². The summed E-state index contributed by atoms with van der Waals surface area (Å²) in [4.78, 5) is 16.2. The van der Waals surface area contributed by atoms with Crippen molar-refractivity contribution in [2.75, 3.05) is 26.7 Å². The molecule has 1 amide bonds. The Labute approximate surface area is 159 Å². The third kappa shape index (κ3) is 2.73. The molecule has 3 heterocycles. The summed E-state index contributed by atoms with van der Waals surface area (Å²) < 4.78 is 6.04. The van der Waals surface area contributed by atoms with Gasteiger partial charge in [0, 0.05) is 24.7 Å². The Kier molecular flexibility index (Phi) is 3.95. The van der Waals surface area contributed by atoms with Crippen LogP contribution in [0.15, 0.2) is 36.4 Å². The molecule has 0 saturated carbocycles. The normalized spacial score (nSPS) is 24.7. The average Bonchev–Trinajstić information content (AvgIpc) is 3.30. The van der Waals surface area contributed by atoms with Crippen LogP contribution in [0.3, 0.4) is 0 Å². The van der Waals surface area contributed by atoms with Gasteiger partial charge in [-0.25, -0.2) is 0 Å². The van der Waals surface area contributed by atoms with Crippen LogP contribution in [0.5, 0.6) is 5.75 Å². The van der Waals surface area contributed by atoms with E-state index < -0.39 is 6.10 Å². The quantitative estimate of drug-likeness (QED) is 0.890. The van der Waals surface area contributed by atoms with E-state index in [1.165, 1.54) is 12.8 Å². The first kappa shape index (κ1) is 16.8. The predicted molar refractivity (Wildman–Crippen MR) is 103 cm³/mol. The summed E-state index contributed by atoms with van der Waals surface area (Å²) in [6.07, 6.45) is 1.89. The van der Waals surface area contributed by atoms with Crippen LogP contribution in [0, 0.1) is 0 Å². The Balaban J connectivity index is 1.44. The molecule has 5 rings (SSSR count). The van der Waals surface area contributed by atoms with Crippen LogP contribution < -0.4 is 4.74 Å². The number of benzene rings is 2. The fourth-order valence-corrected chi connectivity index (χ4v) is 4.58. The standard InChI is InChI=1S/C22H24N2O3/c1-23-12-16-10-14(4-6-17(16)22(23)26)15-5-7-18-20(11-15)27-13-19(21(18)25)24-8-2-3-9-24/h4-7,10-11,19,21,25H,2-3,8-9,12-13H2,1H3/t19-,21-/m1/s1. The summed E-state index contributed by atoms with van der Waals surface area (Å²) >= 11 is 0. The van der Waals surface area contributed by atoms with Crippen LogP contribution in [0.2, 0.25) is 0 Å². The van der Waals surface area contributed by atoms with Crippen LogP contribution in [-0.4, -0.2) is 53.6 Å². The molecule has 140 valence electrons. The molecule has 2 aromatic carbocycles. The van der Waals surface area contributed by atoms with E-state index in [9.17, 15) is 9.90 Å². The van der Waals surface area contributed by atoms with E-state index in [2.05, 4.69) is 11.0 Å². The second kappa shape index (κ2) is 6.36. The highest BCUT2D eigenvalue weighted by Crippen LogP contribution is 2.38. The molecule has 0 aliphatic carbocycles. The van der Waals surface area contributed by atoms with E-state index in [0.29, 0.717) is 13.2 Å². The van der Waals surface area contributed by atoms with Crippen molar-refractivity contribution in [1.29, 1.82) is 0 Å². The minimum atomic E-state index is -0.507. The van der Waals surface area contributed by atoms with Gasteiger partial charge in [-0.3, -0.25) is 9.69 Å². The lowest BCUT2D eigenvalue weighted by Gasteiger charge is -2.36. The van der Waals surface area contributed by atoms with E-state index in [4.69, 9.17) is 4.74 Å². The first-order valence-corrected chi connectivity index (χ1v) is 9.69. The van der Waals surface area contributed by atoms with Crippen LogP contribution in [0.4, 0.5) is 0 Å². The minimum absolute atomic E-state index is 0.0485. The SMILES string of the molecule is CN1Cc2cc(-c3ccc4c(c3)OC[C@@H](N3CCCC3)[C@@H]4O)ccc2C1=O. The molecule has 5 heteroatoms. The second-order valence-corrected chi connectivity index (χ2v) is 7.85. The Morgan fingerprint density at radius 2 is 1.81 bits per heavy atom. The number of rotatable bonds is 2. The molecule has 3 aliphatic heterocycles. The molecule has 1 saturated heterocycles. The maximum Gasteiger partial charge on any atom is 0.254 e. The molecule has 0 spiro atoms. The number of likely N-dealkylation sites (tertiary alicyclic amines) is 1. The van der Waals surface area contributed by atoms with Crippen molar-refractivity contribution in [2.24, 2.45) is 0 Å². The predicted octanol–water partition coefficient (Wildman–Crippen LogP) is 2.83. The van der Waals surface area contributed by atoms with Crippen molar-refractivity contribution < 1.29 is 14.6 Å². The molecule has 0 aromatic heterocycles. The molecule has 0 radical (unpaired) electrons. The summed E-state index contributed by atoms with van der Waals surface area (Å²) in [5.41, 5.74) is 4.84. The lowest BCUT2D eigenvalue weighted by atomic mass is 9.94. The molecule has 1 N–H and O–H groups in total. The molecule has 5 nitrogen and oxygen atoms in total. The summed E-state index contributed by atoms with van der Waals surface area (Å²) in [7, 11) is 1.83. The number of ether oxygens (including phenoxy) is 1. The Morgan fingerprint density at radius 3 is 2.63 bits per heavy atom. The first-order valence-electron chi connectivity index (χ1n) is 9.69. The van der Waals surface area contributed by atoms with Crippen LogP contribution in [0.1, 0.15) is 40.4 Å². The van der Waals surface area contributed by atoms with Gasteiger partial charge in [0.2, 0.25) is 0 Å². The van der Waals surface area contributed by atoms with Gasteiger partial charge >= 0.3 is 0 Å². The highest BCUT2D eigenvalue weighted by molar-refractivity contribution is 5.98. The smallest absolute Gasteiger partial charge is 0.254 e. The maximum atomic E-state index is 12.1. The summed E-state index contributed by atoms with van der Waals surface area (Å²) in [6.45, 7) is 3.27. The van der Waals surface area contributed by atoms with Crippen LogP contribution in [-0.2, 0) is 6.54 Å². The number of carbonyl (C=O) groups excluding carboxylic acids is 1. The zero-order valence-electron chi connectivity index (χ0n) is 15.5. The zero-order valence-corrected chi connectivity index (χ0v) is 15.5. The van der Waals surface area contributed by atoms with Gasteiger partial charge in [-0.05, 0) is 60.8 Å². The van der Waals surface area contributed by atoms with Gasteiger partial charge in [-0.1, -0.05) is 18.2 Å². The van der Waals surface area contributed by atoms with Crippen molar-refractivity contribution in [3.63, 3.8) is 0 Å². The number of hydrogen-bond acceptors (Lipinski definition) is 4. The highest BCUT2D eigenvalue weighted by atomic mass is 16.5. The van der Waals surface area contributed by atoms with Crippen molar-refractivity contribution in [3.05, 3.63) is 53.1 Å². The molecular weight excluding hydrogens is 340 g/mol. The van der Waals surface area contributed by atoms with Gasteiger partial charge in [0.15, 0.2) is 0 Å². The number of aliphatic hydroxyl groups excluding tert-OH is 1. The summed E-state index contributed by atoms with van der Waals surface area (Å²) in [6, 6.07) is 12.1. The van der Waals surface area contributed by atoms with Gasteiger partial charge < -0.3 is 14.7 Å². The van der Waals surface area contributed by atoms with Gasteiger partial charge in [-0.2, -0.15) is 0 Å². The van der Waals surface area contributed by atoms with E-state index in [-0.39, 0.29) is 11.9 Å². The monoisotopic (exact) mass is 364 g/mol. The molecule has 1 fully saturated rings. The third-order valence-corrected chi connectivity index (χ3v) is 6.14. The Bertz CT molecular complexity index is 904. The van der Waals surface area contributed by atoms with E-state index in [1.807, 2.05) is 37.4 Å². The van der Waals surface area contributed by atoms with Gasteiger partial charge in [-0.15, -0.1) is 0 Å². The molecule has 2 atom stereocenters. The van der Waals surface area contributed by atoms with E-state index in [1.54, 1.807) is 4.90 Å². The summed E-state index contributed by atoms with van der Waals surface area (Å²) in [5.74, 6) is 0.852. The van der Waals surface area contributed by atoms with Crippen molar-refractivity contribution in [1.82, 2.24) is 9.80 Å². The van der Waals surface area contributed by atoms with E-state index >= 15 is 0 Å². The van der Waals surface area contributed by atoms with Crippen molar-refractivity contribution in [3.8, 4) is 16.9 Å². The van der Waals surface area contributed by atoms with Crippen LogP contribution >= 0.6 is 0 Å². The number of amides is 1. The zero-order chi connectivity index (χ0) is 18.5. The largest absolute Gasteiger partial charge is 0.491 e. The van der Waals surface area contributed by atoms with E-state index in [0.717, 1.165) is 46.7 Å². The molecule has 3 aliphatic rings. The van der Waals surface area contributed by atoms with Crippen LogP contribution in [0.25, 0.3) is 11.1 Å². The molecular formula is C22H24N2O3. The molecule has 27 heavy (non-hydrogen) atoms. The number of nitrogens with zero attached hydrogens (tertiary/aromatic N) is 2. The molecule has 0 bridgehead atoms. The van der Waals surface area contributed by atoms with Gasteiger partial charge in [0.25, 0.3) is 5.91 Å². The average molecular weight is 364 g/mol. The number of aliphatic hydroxyl groups is 1. The number of hydrogen-bond donors (Lipinski definition) is 1. The maximum absolute atomic E-state index is 12.1. The minimum Gasteiger partial charge on any atom is -0.491 e. The Morgan fingerprint density at radius 1 is 1.07 bits per heavy atom. The van der Waals surface area contributed by atoms with Gasteiger partial charge in [0.1, 0.15) is 18.5 Å². The highest BCUT2D eigenvalue weighted by Gasteiger charge is 2.35. The Hall–Kier alpha value is -2.37. The third-order valence-electron chi connectivity index (χ3n) is 6.14. The van der Waals surface area contributed by atoms with Gasteiger partial charge in [0.05, 0.1) is 6.04 Å². The second-order valence-electron chi connectivity index (χ2n) is 7.85. The number of fused-ring (bicyclic) bond motifs is 2. The lowest BCUT2D eigenvalue weighted by molar-refractivity contribution is 0.0140. The summed E-state index contributed by atoms with van der Waals surface area (Å²) in [5, 5.41) is 10.9. The van der Waals surface area contributed by atoms with Crippen molar-refractivity contribution in [2.45, 2.75) is 31.5 Å². The lowest BCUT2D eigenvalue weighted by Crippen LogP contribution is -2.44. The number of carbonyl (C=O) groups is 1. The topological polar surface area (TPSA) is 53.0 Å². The molecule has 2 aromatic rings. The molecule has 0 unspecified atom stereocenters. The fraction of sp³-hybridized carbons (Fsp3) is 0.409. The fourth-order valence-electron chi connectivity index (χ4n) is 4.58. The first-order chi connectivity index (χ1) is 13.1.